The van der Waals surface area contributed by atoms with Gasteiger partial charge in [-0.05, 0) is 0 Å². The van der Waals surface area contributed by atoms with Crippen LogP contribution < -0.4 is 5.32 Å². The summed E-state index contributed by atoms with van der Waals surface area (Å²) in [5.74, 6) is 0.690. The molecule has 0 spiro atoms. The maximum atomic E-state index is 11.6. The molecule has 1 rings (SSSR count). The van der Waals surface area contributed by atoms with Gasteiger partial charge in [0, 0.05) is 11.2 Å². The lowest BCUT2D eigenvalue weighted by Gasteiger charge is -2.20. The molecule has 1 N–H and O–H groups in total. The first-order chi connectivity index (χ1) is 5.41. The smallest absolute Gasteiger partial charge is 0.279 e. The van der Waals surface area contributed by atoms with Crippen molar-refractivity contribution in [2.75, 3.05) is 5.75 Å². The third-order valence-electron chi connectivity index (χ3n) is 1.73. The lowest BCUT2D eigenvalue weighted by atomic mass is 9.87. The van der Waals surface area contributed by atoms with Gasteiger partial charge in [-0.15, -0.1) is 0 Å². The summed E-state index contributed by atoms with van der Waals surface area (Å²) >= 11 is 1.18. The van der Waals surface area contributed by atoms with E-state index in [1.54, 1.807) is 0 Å². The zero-order valence-electron chi connectivity index (χ0n) is 7.51. The molecule has 0 saturated carbocycles. The molecule has 0 bridgehead atoms. The molecule has 12 heavy (non-hydrogen) atoms. The highest BCUT2D eigenvalue weighted by atomic mass is 32.2. The molecular weight excluding hydrogens is 174 g/mol. The van der Waals surface area contributed by atoms with E-state index in [9.17, 15) is 9.59 Å². The standard InChI is InChI=1S/C8H13NO2S/c1-8(2,3)6(10)5-4-12-7(11)9-5/h5H,4H2,1-3H3,(H,9,11). The molecule has 1 amide bonds. The Morgan fingerprint density at radius 3 is 2.50 bits per heavy atom. The quantitative estimate of drug-likeness (QED) is 0.675. The molecular formula is C8H13NO2S. The van der Waals surface area contributed by atoms with Crippen molar-refractivity contribution in [1.29, 1.82) is 0 Å². The van der Waals surface area contributed by atoms with E-state index < -0.39 is 0 Å². The van der Waals surface area contributed by atoms with Crippen LogP contribution in [0.15, 0.2) is 0 Å². The first kappa shape index (κ1) is 9.58. The highest BCUT2D eigenvalue weighted by Gasteiger charge is 2.34. The van der Waals surface area contributed by atoms with E-state index in [-0.39, 0.29) is 22.5 Å². The molecule has 1 heterocycles. The van der Waals surface area contributed by atoms with Crippen LogP contribution in [0.2, 0.25) is 0 Å². The minimum atomic E-state index is -0.358. The van der Waals surface area contributed by atoms with Crippen LogP contribution in [0.25, 0.3) is 0 Å². The van der Waals surface area contributed by atoms with Crippen LogP contribution in [0, 0.1) is 5.41 Å². The van der Waals surface area contributed by atoms with Gasteiger partial charge in [-0.2, -0.15) is 0 Å². The number of hydrogen-bond donors (Lipinski definition) is 1. The third kappa shape index (κ3) is 2.00. The van der Waals surface area contributed by atoms with Gasteiger partial charge in [0.05, 0.1) is 6.04 Å². The number of rotatable bonds is 1. The molecule has 1 fully saturated rings. The molecule has 1 atom stereocenters. The Hall–Kier alpha value is -0.510. The largest absolute Gasteiger partial charge is 0.336 e. The molecule has 1 aliphatic heterocycles. The fourth-order valence-corrected chi connectivity index (χ4v) is 1.83. The summed E-state index contributed by atoms with van der Waals surface area (Å²) in [4.78, 5) is 22.4. The molecule has 1 saturated heterocycles. The second-order valence-corrected chi connectivity index (χ2v) is 4.90. The van der Waals surface area contributed by atoms with Crippen LogP contribution in [-0.2, 0) is 4.79 Å². The molecule has 0 aromatic rings. The van der Waals surface area contributed by atoms with Gasteiger partial charge in [0.25, 0.3) is 5.24 Å². The number of carbonyl (C=O) groups is 2. The van der Waals surface area contributed by atoms with Crippen molar-refractivity contribution in [3.63, 3.8) is 0 Å². The average molecular weight is 187 g/mol. The van der Waals surface area contributed by atoms with Crippen molar-refractivity contribution >= 4 is 22.8 Å². The molecule has 0 radical (unpaired) electrons. The topological polar surface area (TPSA) is 46.2 Å². The summed E-state index contributed by atoms with van der Waals surface area (Å²) in [5.41, 5.74) is -0.358. The van der Waals surface area contributed by atoms with E-state index in [2.05, 4.69) is 5.32 Å². The van der Waals surface area contributed by atoms with Crippen LogP contribution in [0.1, 0.15) is 20.8 Å². The molecule has 68 valence electrons. The SMILES string of the molecule is CC(C)(C)C(=O)C1CSC(=O)N1. The summed E-state index contributed by atoms with van der Waals surface area (Å²) in [6.45, 7) is 5.60. The number of hydrogen-bond acceptors (Lipinski definition) is 3. The van der Waals surface area contributed by atoms with E-state index in [4.69, 9.17) is 0 Å². The number of Topliss-reactive ketones (excluding diaryl/α,β-unsaturated/α-hetero) is 1. The Balaban J connectivity index is 2.61. The van der Waals surface area contributed by atoms with Crippen molar-refractivity contribution in [2.24, 2.45) is 5.41 Å². The zero-order chi connectivity index (χ0) is 9.35. The second-order valence-electron chi connectivity index (χ2n) is 3.91. The summed E-state index contributed by atoms with van der Waals surface area (Å²) in [5, 5.41) is 2.55. The maximum absolute atomic E-state index is 11.6. The van der Waals surface area contributed by atoms with Crippen molar-refractivity contribution in [1.82, 2.24) is 5.32 Å². The molecule has 1 unspecified atom stereocenters. The molecule has 4 heteroatoms. The summed E-state index contributed by atoms with van der Waals surface area (Å²) in [6.07, 6.45) is 0. The van der Waals surface area contributed by atoms with Crippen molar-refractivity contribution in [2.45, 2.75) is 26.8 Å². The Kier molecular flexibility index (Phi) is 2.46. The molecule has 0 aliphatic carbocycles. The Morgan fingerprint density at radius 2 is 2.17 bits per heavy atom. The van der Waals surface area contributed by atoms with Gasteiger partial charge in [0.2, 0.25) is 0 Å². The lowest BCUT2D eigenvalue weighted by molar-refractivity contribution is -0.127. The predicted molar refractivity (Wildman–Crippen MR) is 49.2 cm³/mol. The lowest BCUT2D eigenvalue weighted by Crippen LogP contribution is -2.41. The fraction of sp³-hybridized carbons (Fsp3) is 0.750. The van der Waals surface area contributed by atoms with Gasteiger partial charge in [-0.3, -0.25) is 9.59 Å². The minimum absolute atomic E-state index is 0.0856. The fourth-order valence-electron chi connectivity index (χ4n) is 1.05. The maximum Gasteiger partial charge on any atom is 0.279 e. The van der Waals surface area contributed by atoms with Gasteiger partial charge >= 0.3 is 0 Å². The number of ketones is 1. The van der Waals surface area contributed by atoms with E-state index in [1.165, 1.54) is 11.8 Å². The van der Waals surface area contributed by atoms with E-state index in [0.29, 0.717) is 5.75 Å². The summed E-state index contributed by atoms with van der Waals surface area (Å²) in [6, 6.07) is -0.275. The van der Waals surface area contributed by atoms with Crippen LogP contribution in [0.3, 0.4) is 0 Å². The van der Waals surface area contributed by atoms with Crippen LogP contribution >= 0.6 is 11.8 Å². The van der Waals surface area contributed by atoms with E-state index >= 15 is 0 Å². The zero-order valence-corrected chi connectivity index (χ0v) is 8.33. The van der Waals surface area contributed by atoms with Crippen LogP contribution in [-0.4, -0.2) is 22.8 Å². The summed E-state index contributed by atoms with van der Waals surface area (Å²) < 4.78 is 0. The predicted octanol–water partition coefficient (Wildman–Crippen LogP) is 1.43. The first-order valence-electron chi connectivity index (χ1n) is 3.89. The van der Waals surface area contributed by atoms with Crippen LogP contribution in [0.5, 0.6) is 0 Å². The molecule has 1 aliphatic rings. The van der Waals surface area contributed by atoms with Crippen LogP contribution in [0.4, 0.5) is 4.79 Å². The highest BCUT2D eigenvalue weighted by Crippen LogP contribution is 2.22. The number of carbonyl (C=O) groups excluding carboxylic acids is 2. The summed E-state index contributed by atoms with van der Waals surface area (Å²) in [7, 11) is 0. The number of thioether (sulfide) groups is 1. The van der Waals surface area contributed by atoms with Gasteiger partial charge in [0.1, 0.15) is 0 Å². The Labute approximate surface area is 76.3 Å². The van der Waals surface area contributed by atoms with Crippen molar-refractivity contribution in [3.05, 3.63) is 0 Å². The second kappa shape index (κ2) is 3.09. The van der Waals surface area contributed by atoms with Gasteiger partial charge in [0.15, 0.2) is 5.78 Å². The monoisotopic (exact) mass is 187 g/mol. The number of nitrogens with one attached hydrogen (secondary N) is 1. The Bertz CT molecular complexity index is 220. The normalized spacial score (nSPS) is 23.9. The van der Waals surface area contributed by atoms with Gasteiger partial charge in [-0.1, -0.05) is 32.5 Å². The number of amides is 1. The van der Waals surface area contributed by atoms with Crippen molar-refractivity contribution in [3.8, 4) is 0 Å². The highest BCUT2D eigenvalue weighted by molar-refractivity contribution is 8.14. The molecule has 0 aromatic heterocycles. The van der Waals surface area contributed by atoms with Gasteiger partial charge < -0.3 is 5.32 Å². The van der Waals surface area contributed by atoms with E-state index in [0.717, 1.165) is 0 Å². The Morgan fingerprint density at radius 1 is 1.58 bits per heavy atom. The molecule has 3 nitrogen and oxygen atoms in total. The average Bonchev–Trinajstić information content (AvgIpc) is 2.32. The first-order valence-corrected chi connectivity index (χ1v) is 4.87. The minimum Gasteiger partial charge on any atom is -0.336 e. The third-order valence-corrected chi connectivity index (χ3v) is 2.61. The van der Waals surface area contributed by atoms with Gasteiger partial charge in [-0.25, -0.2) is 0 Å². The molecule has 0 aromatic carbocycles. The van der Waals surface area contributed by atoms with E-state index in [1.807, 2.05) is 20.8 Å². The van der Waals surface area contributed by atoms with Crippen molar-refractivity contribution < 1.29 is 9.59 Å².